The van der Waals surface area contributed by atoms with Gasteiger partial charge in [-0.2, -0.15) is 0 Å². The minimum absolute atomic E-state index is 0.0898. The van der Waals surface area contributed by atoms with E-state index in [1.165, 1.54) is 24.8 Å². The molecule has 2 aromatic carbocycles. The van der Waals surface area contributed by atoms with Crippen molar-refractivity contribution in [2.24, 2.45) is 0 Å². The molecule has 1 atom stereocenters. The van der Waals surface area contributed by atoms with Crippen LogP contribution >= 0.6 is 11.8 Å². The zero-order chi connectivity index (χ0) is 14.4. The maximum atomic E-state index is 13.6. The number of carbonyl (C=O) groups is 1. The Bertz CT molecular complexity index is 574. The normalized spacial score (nSPS) is 11.9. The van der Waals surface area contributed by atoms with Crippen LogP contribution in [0.2, 0.25) is 0 Å². The maximum absolute atomic E-state index is 13.6. The molecule has 0 saturated carbocycles. The number of halogens is 1. The second-order valence-electron chi connectivity index (χ2n) is 4.41. The fourth-order valence-corrected chi connectivity index (χ4v) is 2.89. The van der Waals surface area contributed by atoms with E-state index in [4.69, 9.17) is 0 Å². The van der Waals surface area contributed by atoms with E-state index in [1.54, 1.807) is 18.2 Å². The number of rotatable bonds is 5. The molecule has 2 aromatic rings. The lowest BCUT2D eigenvalue weighted by atomic mass is 10.1. The Morgan fingerprint density at radius 3 is 2.45 bits per heavy atom. The Morgan fingerprint density at radius 1 is 1.15 bits per heavy atom. The Labute approximate surface area is 122 Å². The Hall–Kier alpha value is -1.81. The van der Waals surface area contributed by atoms with Gasteiger partial charge in [0, 0.05) is 17.6 Å². The number of carbonyl (C=O) groups excluding carboxylic acids is 1. The molecule has 104 valence electrons. The van der Waals surface area contributed by atoms with Gasteiger partial charge in [-0.15, -0.1) is 11.8 Å². The van der Waals surface area contributed by atoms with Gasteiger partial charge in [0.15, 0.2) is 0 Å². The summed E-state index contributed by atoms with van der Waals surface area (Å²) in [5, 5.41) is 2.90. The van der Waals surface area contributed by atoms with Gasteiger partial charge in [0.1, 0.15) is 5.82 Å². The van der Waals surface area contributed by atoms with Gasteiger partial charge in [-0.25, -0.2) is 4.39 Å². The number of hydrogen-bond donors (Lipinski definition) is 1. The summed E-state index contributed by atoms with van der Waals surface area (Å²) in [5.41, 5.74) is 1.02. The SMILES string of the molecule is CC(=O)NC(CSc1ccccc1F)c1ccccc1. The zero-order valence-electron chi connectivity index (χ0n) is 11.2. The highest BCUT2D eigenvalue weighted by atomic mass is 32.2. The third kappa shape index (κ3) is 4.10. The predicted molar refractivity (Wildman–Crippen MR) is 80.1 cm³/mol. The van der Waals surface area contributed by atoms with E-state index in [-0.39, 0.29) is 17.8 Å². The third-order valence-electron chi connectivity index (χ3n) is 2.82. The molecule has 1 amide bonds. The van der Waals surface area contributed by atoms with E-state index in [9.17, 15) is 9.18 Å². The molecule has 4 heteroatoms. The average molecular weight is 289 g/mol. The van der Waals surface area contributed by atoms with E-state index >= 15 is 0 Å². The van der Waals surface area contributed by atoms with Crippen LogP contribution in [0.15, 0.2) is 59.5 Å². The first-order chi connectivity index (χ1) is 9.66. The number of amides is 1. The van der Waals surface area contributed by atoms with Crippen LogP contribution in [0, 0.1) is 5.82 Å². The van der Waals surface area contributed by atoms with Crippen molar-refractivity contribution in [3.8, 4) is 0 Å². The molecule has 1 N–H and O–H groups in total. The van der Waals surface area contributed by atoms with E-state index in [0.29, 0.717) is 10.6 Å². The van der Waals surface area contributed by atoms with Crippen LogP contribution in [0.5, 0.6) is 0 Å². The molecule has 20 heavy (non-hydrogen) atoms. The molecule has 0 saturated heterocycles. The molecule has 1 unspecified atom stereocenters. The van der Waals surface area contributed by atoms with Crippen LogP contribution < -0.4 is 5.32 Å². The van der Waals surface area contributed by atoms with Crippen LogP contribution in [0.4, 0.5) is 4.39 Å². The topological polar surface area (TPSA) is 29.1 Å². The van der Waals surface area contributed by atoms with Gasteiger partial charge in [-0.3, -0.25) is 4.79 Å². The minimum atomic E-state index is -0.230. The summed E-state index contributed by atoms with van der Waals surface area (Å²) in [5.74, 6) is 0.268. The van der Waals surface area contributed by atoms with Crippen LogP contribution in [-0.2, 0) is 4.79 Å². The quantitative estimate of drug-likeness (QED) is 0.848. The number of hydrogen-bond acceptors (Lipinski definition) is 2. The van der Waals surface area contributed by atoms with Crippen molar-refractivity contribution < 1.29 is 9.18 Å². The lowest BCUT2D eigenvalue weighted by molar-refractivity contribution is -0.119. The summed E-state index contributed by atoms with van der Waals surface area (Å²) >= 11 is 1.40. The van der Waals surface area contributed by atoms with Gasteiger partial charge in [0.05, 0.1) is 6.04 Å². The second-order valence-corrected chi connectivity index (χ2v) is 5.47. The molecule has 0 radical (unpaired) electrons. The first kappa shape index (κ1) is 14.6. The molecule has 0 aliphatic heterocycles. The van der Waals surface area contributed by atoms with Crippen molar-refractivity contribution in [2.75, 3.05) is 5.75 Å². The largest absolute Gasteiger partial charge is 0.349 e. The number of thioether (sulfide) groups is 1. The predicted octanol–water partition coefficient (Wildman–Crippen LogP) is 3.80. The average Bonchev–Trinajstić information content (AvgIpc) is 2.45. The van der Waals surface area contributed by atoms with Crippen molar-refractivity contribution >= 4 is 17.7 Å². The van der Waals surface area contributed by atoms with E-state index in [2.05, 4.69) is 5.32 Å². The highest BCUT2D eigenvalue weighted by molar-refractivity contribution is 7.99. The van der Waals surface area contributed by atoms with Crippen molar-refractivity contribution in [3.05, 3.63) is 66.0 Å². The molecule has 0 aliphatic carbocycles. The molecule has 0 spiro atoms. The molecule has 0 heterocycles. The Kier molecular flexibility index (Phi) is 5.18. The number of nitrogens with one attached hydrogen (secondary N) is 1. The van der Waals surface area contributed by atoms with Crippen LogP contribution in [0.25, 0.3) is 0 Å². The Morgan fingerprint density at radius 2 is 1.80 bits per heavy atom. The van der Waals surface area contributed by atoms with E-state index in [0.717, 1.165) is 5.56 Å². The van der Waals surface area contributed by atoms with Crippen molar-refractivity contribution in [1.82, 2.24) is 5.32 Å². The molecule has 0 fully saturated rings. The summed E-state index contributed by atoms with van der Waals surface area (Å²) in [6.45, 7) is 1.49. The molecular weight excluding hydrogens is 273 g/mol. The standard InChI is InChI=1S/C16H16FNOS/c1-12(19)18-15(13-7-3-2-4-8-13)11-20-16-10-6-5-9-14(16)17/h2-10,15H,11H2,1H3,(H,18,19). The minimum Gasteiger partial charge on any atom is -0.349 e. The third-order valence-corrected chi connectivity index (χ3v) is 3.96. The van der Waals surface area contributed by atoms with Gasteiger partial charge in [-0.05, 0) is 17.7 Å². The van der Waals surface area contributed by atoms with Gasteiger partial charge >= 0.3 is 0 Å². The van der Waals surface area contributed by atoms with Crippen LogP contribution in [-0.4, -0.2) is 11.7 Å². The molecule has 0 bridgehead atoms. The van der Waals surface area contributed by atoms with E-state index < -0.39 is 0 Å². The zero-order valence-corrected chi connectivity index (χ0v) is 12.0. The van der Waals surface area contributed by atoms with Gasteiger partial charge in [0.2, 0.25) is 5.91 Å². The molecule has 2 nitrogen and oxygen atoms in total. The molecule has 2 rings (SSSR count). The van der Waals surface area contributed by atoms with Crippen LogP contribution in [0.3, 0.4) is 0 Å². The van der Waals surface area contributed by atoms with Crippen molar-refractivity contribution in [3.63, 3.8) is 0 Å². The summed E-state index contributed by atoms with van der Waals surface area (Å²) in [6, 6.07) is 16.2. The highest BCUT2D eigenvalue weighted by Crippen LogP contribution is 2.26. The van der Waals surface area contributed by atoms with Crippen molar-refractivity contribution in [1.29, 1.82) is 0 Å². The molecule has 0 aliphatic rings. The maximum Gasteiger partial charge on any atom is 0.217 e. The first-order valence-corrected chi connectivity index (χ1v) is 7.35. The van der Waals surface area contributed by atoms with E-state index in [1.807, 2.05) is 30.3 Å². The molecule has 0 aromatic heterocycles. The molecular formula is C16H16FNOS. The summed E-state index contributed by atoms with van der Waals surface area (Å²) in [6.07, 6.45) is 0. The van der Waals surface area contributed by atoms with Gasteiger partial charge in [-0.1, -0.05) is 42.5 Å². The lowest BCUT2D eigenvalue weighted by Crippen LogP contribution is -2.27. The first-order valence-electron chi connectivity index (χ1n) is 6.36. The van der Waals surface area contributed by atoms with Gasteiger partial charge in [0.25, 0.3) is 0 Å². The van der Waals surface area contributed by atoms with Gasteiger partial charge < -0.3 is 5.32 Å². The summed E-state index contributed by atoms with van der Waals surface area (Å²) < 4.78 is 13.6. The van der Waals surface area contributed by atoms with Crippen molar-refractivity contribution in [2.45, 2.75) is 17.9 Å². The Balaban J connectivity index is 2.09. The fraction of sp³-hybridized carbons (Fsp3) is 0.188. The summed E-state index contributed by atoms with van der Waals surface area (Å²) in [4.78, 5) is 11.9. The smallest absolute Gasteiger partial charge is 0.217 e. The van der Waals surface area contributed by atoms with Crippen LogP contribution in [0.1, 0.15) is 18.5 Å². The lowest BCUT2D eigenvalue weighted by Gasteiger charge is -2.18. The number of benzene rings is 2. The summed E-state index contributed by atoms with van der Waals surface area (Å²) in [7, 11) is 0. The highest BCUT2D eigenvalue weighted by Gasteiger charge is 2.13. The second kappa shape index (κ2) is 7.10. The fourth-order valence-electron chi connectivity index (χ4n) is 1.89. The monoisotopic (exact) mass is 289 g/mol.